The van der Waals surface area contributed by atoms with Crippen molar-refractivity contribution < 1.29 is 23.8 Å². The molecule has 1 unspecified atom stereocenters. The number of carbonyl (C=O) groups is 2. The zero-order valence-electron chi connectivity index (χ0n) is 15.2. The molecule has 0 spiro atoms. The monoisotopic (exact) mass is 392 g/mol. The standard InChI is InChI=1S/C17H20N4O5S/c1-24-9-14-19-20-17(27-14)18-16(23)10-6-15(22)21(8-10)12-7-11(25-2)4-5-13(12)26-3/h4-5,7,10H,6,8-9H2,1-3H3,(H,18,20,23). The van der Waals surface area contributed by atoms with Gasteiger partial charge in [-0.3, -0.25) is 9.59 Å². The predicted octanol–water partition coefficient (Wildman–Crippen LogP) is 1.69. The molecule has 1 aromatic heterocycles. The second-order valence-electron chi connectivity index (χ2n) is 5.87. The molecule has 2 amide bonds. The highest BCUT2D eigenvalue weighted by atomic mass is 32.1. The zero-order chi connectivity index (χ0) is 19.4. The van der Waals surface area contributed by atoms with E-state index in [1.54, 1.807) is 37.3 Å². The molecule has 1 saturated heterocycles. The Labute approximate surface area is 160 Å². The number of nitrogens with zero attached hydrogens (tertiary/aromatic N) is 3. The molecule has 1 aliphatic heterocycles. The summed E-state index contributed by atoms with van der Waals surface area (Å²) in [6.07, 6.45) is 0.107. The van der Waals surface area contributed by atoms with Crippen LogP contribution < -0.4 is 19.7 Å². The molecule has 0 aliphatic carbocycles. The van der Waals surface area contributed by atoms with Crippen LogP contribution in [0.4, 0.5) is 10.8 Å². The Morgan fingerprint density at radius 1 is 1.30 bits per heavy atom. The van der Waals surface area contributed by atoms with E-state index in [4.69, 9.17) is 14.2 Å². The highest BCUT2D eigenvalue weighted by molar-refractivity contribution is 7.15. The number of carbonyl (C=O) groups excluding carboxylic acids is 2. The summed E-state index contributed by atoms with van der Waals surface area (Å²) in [4.78, 5) is 26.6. The summed E-state index contributed by atoms with van der Waals surface area (Å²) < 4.78 is 15.6. The van der Waals surface area contributed by atoms with Crippen LogP contribution in [0.1, 0.15) is 11.4 Å². The minimum atomic E-state index is -0.497. The molecular formula is C17H20N4O5S. The van der Waals surface area contributed by atoms with E-state index in [0.29, 0.717) is 33.9 Å². The summed E-state index contributed by atoms with van der Waals surface area (Å²) in [5, 5.41) is 11.6. The lowest BCUT2D eigenvalue weighted by Crippen LogP contribution is -2.28. The summed E-state index contributed by atoms with van der Waals surface area (Å²) in [5.74, 6) is 0.222. The number of rotatable bonds is 7. The molecule has 1 atom stereocenters. The van der Waals surface area contributed by atoms with E-state index in [9.17, 15) is 9.59 Å². The maximum atomic E-state index is 12.5. The van der Waals surface area contributed by atoms with Gasteiger partial charge in [0.1, 0.15) is 23.1 Å². The fourth-order valence-electron chi connectivity index (χ4n) is 2.82. The van der Waals surface area contributed by atoms with E-state index in [-0.39, 0.29) is 24.8 Å². The van der Waals surface area contributed by atoms with Crippen LogP contribution in [0.25, 0.3) is 0 Å². The molecule has 0 saturated carbocycles. The third kappa shape index (κ3) is 4.17. The van der Waals surface area contributed by atoms with E-state index < -0.39 is 5.92 Å². The van der Waals surface area contributed by atoms with Crippen molar-refractivity contribution in [1.29, 1.82) is 0 Å². The SMILES string of the molecule is COCc1nnc(NC(=O)C2CC(=O)N(c3cc(OC)ccc3OC)C2)s1. The highest BCUT2D eigenvalue weighted by Crippen LogP contribution is 2.36. The van der Waals surface area contributed by atoms with E-state index in [1.807, 2.05) is 0 Å². The Bertz CT molecular complexity index is 840. The number of anilines is 2. The number of hydrogen-bond donors (Lipinski definition) is 1. The lowest BCUT2D eigenvalue weighted by molar-refractivity contribution is -0.122. The second-order valence-corrected chi connectivity index (χ2v) is 6.93. The van der Waals surface area contributed by atoms with Gasteiger partial charge < -0.3 is 24.4 Å². The van der Waals surface area contributed by atoms with Crippen LogP contribution in [0.15, 0.2) is 18.2 Å². The second kappa shape index (κ2) is 8.31. The van der Waals surface area contributed by atoms with Crippen molar-refractivity contribution in [3.05, 3.63) is 23.2 Å². The Balaban J connectivity index is 1.72. The van der Waals surface area contributed by atoms with E-state index >= 15 is 0 Å². The van der Waals surface area contributed by atoms with Crippen LogP contribution in [0, 0.1) is 5.92 Å². The molecule has 2 heterocycles. The molecular weight excluding hydrogens is 372 g/mol. The van der Waals surface area contributed by atoms with Gasteiger partial charge in [-0.1, -0.05) is 11.3 Å². The maximum absolute atomic E-state index is 12.5. The Hall–Kier alpha value is -2.72. The van der Waals surface area contributed by atoms with Crippen molar-refractivity contribution in [2.24, 2.45) is 5.92 Å². The lowest BCUT2D eigenvalue weighted by Gasteiger charge is -2.20. The molecule has 0 radical (unpaired) electrons. The van der Waals surface area contributed by atoms with Gasteiger partial charge in [-0.2, -0.15) is 0 Å². The molecule has 1 fully saturated rings. The average Bonchev–Trinajstić information content (AvgIpc) is 3.27. The van der Waals surface area contributed by atoms with Crippen LogP contribution in [0.2, 0.25) is 0 Å². The summed E-state index contributed by atoms with van der Waals surface area (Å²) in [6.45, 7) is 0.580. The third-order valence-corrected chi connectivity index (χ3v) is 4.95. The predicted molar refractivity (Wildman–Crippen MR) is 99.3 cm³/mol. The summed E-state index contributed by atoms with van der Waals surface area (Å²) >= 11 is 1.24. The molecule has 10 heteroatoms. The van der Waals surface area contributed by atoms with Crippen molar-refractivity contribution in [3.8, 4) is 11.5 Å². The number of methoxy groups -OCH3 is 3. The zero-order valence-corrected chi connectivity index (χ0v) is 16.0. The Morgan fingerprint density at radius 3 is 2.81 bits per heavy atom. The minimum Gasteiger partial charge on any atom is -0.497 e. The average molecular weight is 392 g/mol. The van der Waals surface area contributed by atoms with Crippen LogP contribution in [0.3, 0.4) is 0 Å². The fraction of sp³-hybridized carbons (Fsp3) is 0.412. The van der Waals surface area contributed by atoms with Gasteiger partial charge in [-0.05, 0) is 12.1 Å². The normalized spacial score (nSPS) is 16.5. The highest BCUT2D eigenvalue weighted by Gasteiger charge is 2.36. The van der Waals surface area contributed by atoms with Crippen molar-refractivity contribution in [2.45, 2.75) is 13.0 Å². The lowest BCUT2D eigenvalue weighted by atomic mass is 10.1. The molecule has 0 bridgehead atoms. The van der Waals surface area contributed by atoms with Gasteiger partial charge in [0.15, 0.2) is 0 Å². The van der Waals surface area contributed by atoms with Crippen molar-refractivity contribution in [3.63, 3.8) is 0 Å². The quantitative estimate of drug-likeness (QED) is 0.765. The first-order valence-corrected chi connectivity index (χ1v) is 9.02. The van der Waals surface area contributed by atoms with Crippen LogP contribution >= 0.6 is 11.3 Å². The van der Waals surface area contributed by atoms with Gasteiger partial charge >= 0.3 is 0 Å². The Morgan fingerprint density at radius 2 is 2.11 bits per heavy atom. The largest absolute Gasteiger partial charge is 0.497 e. The first-order chi connectivity index (χ1) is 13.0. The fourth-order valence-corrected chi connectivity index (χ4v) is 3.53. The third-order valence-electron chi connectivity index (χ3n) is 4.14. The maximum Gasteiger partial charge on any atom is 0.231 e. The van der Waals surface area contributed by atoms with Crippen LogP contribution in [-0.4, -0.2) is 49.9 Å². The molecule has 1 aliphatic rings. The van der Waals surface area contributed by atoms with Crippen molar-refractivity contribution in [1.82, 2.24) is 10.2 Å². The first-order valence-electron chi connectivity index (χ1n) is 8.20. The van der Waals surface area contributed by atoms with Gasteiger partial charge in [0.2, 0.25) is 16.9 Å². The van der Waals surface area contributed by atoms with Gasteiger partial charge in [-0.15, -0.1) is 10.2 Å². The van der Waals surface area contributed by atoms with Crippen molar-refractivity contribution >= 4 is 34.0 Å². The number of hydrogen-bond acceptors (Lipinski definition) is 8. The van der Waals surface area contributed by atoms with Crippen molar-refractivity contribution in [2.75, 3.05) is 38.1 Å². The van der Waals surface area contributed by atoms with Gasteiger partial charge in [0.05, 0.1) is 25.8 Å². The molecule has 9 nitrogen and oxygen atoms in total. The van der Waals surface area contributed by atoms with Crippen LogP contribution in [0.5, 0.6) is 11.5 Å². The molecule has 1 N–H and O–H groups in total. The number of benzene rings is 1. The van der Waals surface area contributed by atoms with Gasteiger partial charge in [-0.25, -0.2) is 0 Å². The minimum absolute atomic E-state index is 0.107. The summed E-state index contributed by atoms with van der Waals surface area (Å²) in [6, 6.07) is 5.20. The number of aromatic nitrogens is 2. The molecule has 1 aromatic carbocycles. The summed E-state index contributed by atoms with van der Waals surface area (Å²) in [7, 11) is 4.64. The smallest absolute Gasteiger partial charge is 0.231 e. The van der Waals surface area contributed by atoms with Crippen LogP contribution in [-0.2, 0) is 20.9 Å². The molecule has 27 heavy (non-hydrogen) atoms. The number of ether oxygens (including phenoxy) is 3. The first kappa shape index (κ1) is 19.1. The van der Waals surface area contributed by atoms with E-state index in [2.05, 4.69) is 15.5 Å². The van der Waals surface area contributed by atoms with E-state index in [0.717, 1.165) is 0 Å². The number of nitrogens with one attached hydrogen (secondary N) is 1. The molecule has 3 rings (SSSR count). The van der Waals surface area contributed by atoms with Gasteiger partial charge in [0.25, 0.3) is 0 Å². The van der Waals surface area contributed by atoms with E-state index in [1.165, 1.54) is 18.4 Å². The van der Waals surface area contributed by atoms with Gasteiger partial charge in [0, 0.05) is 26.1 Å². The summed E-state index contributed by atoms with van der Waals surface area (Å²) in [5.41, 5.74) is 0.579. The molecule has 144 valence electrons. The molecule has 2 aromatic rings. The topological polar surface area (TPSA) is 103 Å². The Kier molecular flexibility index (Phi) is 5.87. The number of amides is 2.